The first-order valence-electron chi connectivity index (χ1n) is 8.51. The molecule has 1 N–H and O–H groups in total. The normalized spacial score (nSPS) is 23.2. The van der Waals surface area contributed by atoms with Crippen molar-refractivity contribution in [2.45, 2.75) is 38.8 Å². The Morgan fingerprint density at radius 1 is 1.38 bits per heavy atom. The highest BCUT2D eigenvalue weighted by atomic mass is 35.5. The number of benzene rings is 1. The van der Waals surface area contributed by atoms with Crippen LogP contribution in [0.2, 0.25) is 5.02 Å². The van der Waals surface area contributed by atoms with Crippen LogP contribution in [-0.2, 0) is 17.7 Å². The van der Waals surface area contributed by atoms with Gasteiger partial charge < -0.3 is 13.9 Å². The molecule has 1 aromatic heterocycles. The molecule has 1 saturated heterocycles. The molecule has 1 aromatic carbocycles. The molecule has 2 aliphatic heterocycles. The zero-order valence-electron chi connectivity index (χ0n) is 13.7. The van der Waals surface area contributed by atoms with E-state index < -0.39 is 0 Å². The van der Waals surface area contributed by atoms with E-state index >= 15 is 0 Å². The Balaban J connectivity index is 1.76. The summed E-state index contributed by atoms with van der Waals surface area (Å²) >= 11 is 6.43. The third-order valence-corrected chi connectivity index (χ3v) is 5.17. The van der Waals surface area contributed by atoms with Gasteiger partial charge in [0.25, 0.3) is 0 Å². The van der Waals surface area contributed by atoms with E-state index in [1.54, 1.807) is 6.07 Å². The summed E-state index contributed by atoms with van der Waals surface area (Å²) < 4.78 is 17.2. The summed E-state index contributed by atoms with van der Waals surface area (Å²) in [4.78, 5) is 13.2. The standard InChI is InChI=1S/C18H20ClNO4/c1-2-11-6-16(21)24-17-13(11)7-15(19)18-14(17)9-20(10-23-18)8-12-4-3-5-22-12/h6-7,12H,2-5,8-10H2,1H3/p+1/t12-/m1/s1. The maximum Gasteiger partial charge on any atom is 0.336 e. The van der Waals surface area contributed by atoms with Gasteiger partial charge in [0.05, 0.1) is 10.6 Å². The van der Waals surface area contributed by atoms with E-state index in [0.29, 0.717) is 23.1 Å². The Morgan fingerprint density at radius 3 is 3.00 bits per heavy atom. The van der Waals surface area contributed by atoms with Gasteiger partial charge in [-0.15, -0.1) is 0 Å². The van der Waals surface area contributed by atoms with Crippen molar-refractivity contribution in [2.24, 2.45) is 0 Å². The zero-order valence-corrected chi connectivity index (χ0v) is 14.4. The van der Waals surface area contributed by atoms with Crippen LogP contribution in [0.15, 0.2) is 21.3 Å². The molecule has 0 bridgehead atoms. The van der Waals surface area contributed by atoms with Crippen molar-refractivity contribution in [3.05, 3.63) is 38.7 Å². The Hall–Kier alpha value is -1.56. The van der Waals surface area contributed by atoms with Crippen LogP contribution in [0.25, 0.3) is 11.0 Å². The van der Waals surface area contributed by atoms with Crippen LogP contribution in [0.5, 0.6) is 5.75 Å². The lowest BCUT2D eigenvalue weighted by Crippen LogP contribution is -3.13. The molecule has 1 fully saturated rings. The summed E-state index contributed by atoms with van der Waals surface area (Å²) in [5.74, 6) is 0.650. The summed E-state index contributed by atoms with van der Waals surface area (Å²) in [6.07, 6.45) is 3.26. The number of ether oxygens (including phenoxy) is 2. The van der Waals surface area contributed by atoms with Gasteiger partial charge in [0.1, 0.15) is 19.2 Å². The Labute approximate surface area is 145 Å². The van der Waals surface area contributed by atoms with Crippen LogP contribution in [0.4, 0.5) is 0 Å². The molecule has 0 saturated carbocycles. The summed E-state index contributed by atoms with van der Waals surface area (Å²) in [6, 6.07) is 3.40. The first-order valence-corrected chi connectivity index (χ1v) is 8.89. The first-order chi connectivity index (χ1) is 11.7. The largest absolute Gasteiger partial charge is 0.443 e. The number of halogens is 1. The Kier molecular flexibility index (Phi) is 4.24. The van der Waals surface area contributed by atoms with E-state index in [2.05, 4.69) is 0 Å². The highest BCUT2D eigenvalue weighted by Gasteiger charge is 2.30. The van der Waals surface area contributed by atoms with E-state index in [1.807, 2.05) is 13.0 Å². The van der Waals surface area contributed by atoms with Gasteiger partial charge in [-0.3, -0.25) is 4.90 Å². The number of rotatable bonds is 3. The summed E-state index contributed by atoms with van der Waals surface area (Å²) in [6.45, 7) is 5.04. The SMILES string of the molecule is CCc1cc(=O)oc2c3c(c(Cl)cc12)OC[NH+](C[C@H]1CCCO1)C3. The van der Waals surface area contributed by atoms with Crippen molar-refractivity contribution in [2.75, 3.05) is 19.9 Å². The molecule has 5 nitrogen and oxygen atoms in total. The van der Waals surface area contributed by atoms with Gasteiger partial charge in [0.2, 0.25) is 6.73 Å². The highest BCUT2D eigenvalue weighted by Crippen LogP contribution is 2.37. The minimum atomic E-state index is -0.324. The van der Waals surface area contributed by atoms with E-state index in [4.69, 9.17) is 25.5 Å². The number of hydrogen-bond donors (Lipinski definition) is 1. The van der Waals surface area contributed by atoms with Gasteiger partial charge in [-0.25, -0.2) is 4.79 Å². The first kappa shape index (κ1) is 15.9. The molecule has 1 unspecified atom stereocenters. The fourth-order valence-electron chi connectivity index (χ4n) is 3.72. The van der Waals surface area contributed by atoms with E-state index in [0.717, 1.165) is 55.5 Å². The lowest BCUT2D eigenvalue weighted by molar-refractivity contribution is -0.935. The number of aryl methyl sites for hydroxylation is 1. The number of quaternary nitrogens is 1. The van der Waals surface area contributed by atoms with Crippen molar-refractivity contribution in [3.63, 3.8) is 0 Å². The molecule has 0 radical (unpaired) electrons. The lowest BCUT2D eigenvalue weighted by atomic mass is 10.0. The minimum Gasteiger partial charge on any atom is -0.443 e. The van der Waals surface area contributed by atoms with Crippen LogP contribution in [-0.4, -0.2) is 26.0 Å². The molecule has 4 rings (SSSR count). The highest BCUT2D eigenvalue weighted by molar-refractivity contribution is 6.33. The second-order valence-electron chi connectivity index (χ2n) is 6.54. The fraction of sp³-hybridized carbons (Fsp3) is 0.500. The summed E-state index contributed by atoms with van der Waals surface area (Å²) in [5.41, 5.74) is 2.14. The van der Waals surface area contributed by atoms with E-state index in [1.165, 1.54) is 4.90 Å². The molecule has 0 aliphatic carbocycles. The topological polar surface area (TPSA) is 53.1 Å². The van der Waals surface area contributed by atoms with Gasteiger partial charge in [-0.2, -0.15) is 0 Å². The van der Waals surface area contributed by atoms with Crippen LogP contribution < -0.4 is 15.3 Å². The molecule has 6 heteroatoms. The molecule has 2 atom stereocenters. The van der Waals surface area contributed by atoms with Crippen molar-refractivity contribution in [3.8, 4) is 5.75 Å². The molecular weight excluding hydrogens is 330 g/mol. The second-order valence-corrected chi connectivity index (χ2v) is 6.95. The van der Waals surface area contributed by atoms with Gasteiger partial charge in [-0.05, 0) is 30.9 Å². The van der Waals surface area contributed by atoms with Crippen molar-refractivity contribution < 1.29 is 18.8 Å². The molecule has 0 amide bonds. The van der Waals surface area contributed by atoms with Gasteiger partial charge >= 0.3 is 5.63 Å². The predicted molar refractivity (Wildman–Crippen MR) is 90.9 cm³/mol. The smallest absolute Gasteiger partial charge is 0.336 e. The monoisotopic (exact) mass is 350 g/mol. The maximum atomic E-state index is 11.9. The molecule has 2 aliphatic rings. The van der Waals surface area contributed by atoms with Crippen molar-refractivity contribution in [1.29, 1.82) is 0 Å². The van der Waals surface area contributed by atoms with E-state index in [-0.39, 0.29) is 11.7 Å². The molecular formula is C18H21ClNO4+. The van der Waals surface area contributed by atoms with Gasteiger partial charge in [0.15, 0.2) is 11.3 Å². The van der Waals surface area contributed by atoms with Crippen LogP contribution in [0.3, 0.4) is 0 Å². The third kappa shape index (κ3) is 2.81. The summed E-state index contributed by atoms with van der Waals surface area (Å²) in [7, 11) is 0. The molecule has 2 aromatic rings. The van der Waals surface area contributed by atoms with Crippen LogP contribution in [0.1, 0.15) is 30.9 Å². The predicted octanol–water partition coefficient (Wildman–Crippen LogP) is 1.92. The number of fused-ring (bicyclic) bond motifs is 3. The third-order valence-electron chi connectivity index (χ3n) is 4.89. The molecule has 3 heterocycles. The molecule has 0 spiro atoms. The average molecular weight is 351 g/mol. The quantitative estimate of drug-likeness (QED) is 0.859. The van der Waals surface area contributed by atoms with Crippen molar-refractivity contribution >= 4 is 22.6 Å². The van der Waals surface area contributed by atoms with Gasteiger partial charge in [0, 0.05) is 18.1 Å². The maximum absolute atomic E-state index is 11.9. The second kappa shape index (κ2) is 6.39. The number of nitrogens with one attached hydrogen (secondary N) is 1. The van der Waals surface area contributed by atoms with Gasteiger partial charge in [-0.1, -0.05) is 18.5 Å². The van der Waals surface area contributed by atoms with Crippen LogP contribution in [0, 0.1) is 0 Å². The average Bonchev–Trinajstić information content (AvgIpc) is 3.08. The lowest BCUT2D eigenvalue weighted by Gasteiger charge is -2.28. The summed E-state index contributed by atoms with van der Waals surface area (Å²) in [5, 5.41) is 1.49. The van der Waals surface area contributed by atoms with Crippen molar-refractivity contribution in [1.82, 2.24) is 0 Å². The van der Waals surface area contributed by atoms with E-state index in [9.17, 15) is 4.79 Å². The zero-order chi connectivity index (χ0) is 16.7. The Morgan fingerprint density at radius 2 is 2.25 bits per heavy atom. The fourth-order valence-corrected chi connectivity index (χ4v) is 3.99. The molecule has 128 valence electrons. The Bertz CT molecular complexity index is 826. The number of hydrogen-bond acceptors (Lipinski definition) is 4. The minimum absolute atomic E-state index is 0.286. The van der Waals surface area contributed by atoms with Crippen LogP contribution >= 0.6 is 11.6 Å². The molecule has 24 heavy (non-hydrogen) atoms.